The minimum absolute atomic E-state index is 0.198. The summed E-state index contributed by atoms with van der Waals surface area (Å²) < 4.78 is 15.0. The smallest absolute Gasteiger partial charge is 0.275 e. The second kappa shape index (κ2) is 5.72. The van der Waals surface area contributed by atoms with Gasteiger partial charge < -0.3 is 5.32 Å². The Morgan fingerprint density at radius 3 is 2.73 bits per heavy atom. The molecule has 1 aromatic carbocycles. The van der Waals surface area contributed by atoms with Crippen molar-refractivity contribution >= 4 is 11.6 Å². The van der Waals surface area contributed by atoms with E-state index in [1.54, 1.807) is 25.1 Å². The summed E-state index contributed by atoms with van der Waals surface area (Å²) in [4.78, 5) is 20.0. The summed E-state index contributed by atoms with van der Waals surface area (Å²) in [5.74, 6) is -0.798. The summed E-state index contributed by atoms with van der Waals surface area (Å²) in [6.45, 7) is 1.78. The van der Waals surface area contributed by atoms with Gasteiger partial charge in [-0.3, -0.25) is 9.78 Å². The molecule has 0 saturated heterocycles. The van der Waals surface area contributed by atoms with Gasteiger partial charge >= 0.3 is 0 Å². The van der Waals surface area contributed by atoms with Gasteiger partial charge in [-0.05, 0) is 19.1 Å². The van der Waals surface area contributed by atoms with Crippen molar-refractivity contribution < 1.29 is 9.18 Å². The quantitative estimate of drug-likeness (QED) is 0.805. The van der Waals surface area contributed by atoms with Crippen molar-refractivity contribution in [2.45, 2.75) is 6.92 Å². The maximum atomic E-state index is 13.7. The highest BCUT2D eigenvalue weighted by atomic mass is 19.1. The van der Waals surface area contributed by atoms with Crippen LogP contribution in [0, 0.1) is 12.7 Å². The average Bonchev–Trinajstić information content (AvgIpc) is 2.96. The zero-order valence-corrected chi connectivity index (χ0v) is 11.7. The summed E-state index contributed by atoms with van der Waals surface area (Å²) in [6, 6.07) is 6.25. The third kappa shape index (κ3) is 2.83. The Hall–Kier alpha value is -3.09. The molecule has 2 aromatic heterocycles. The van der Waals surface area contributed by atoms with E-state index in [1.165, 1.54) is 35.5 Å². The zero-order valence-electron chi connectivity index (χ0n) is 11.7. The van der Waals surface area contributed by atoms with E-state index in [2.05, 4.69) is 20.4 Å². The highest BCUT2D eigenvalue weighted by molar-refractivity contribution is 6.02. The van der Waals surface area contributed by atoms with E-state index in [4.69, 9.17) is 0 Å². The first-order valence-corrected chi connectivity index (χ1v) is 6.53. The number of para-hydroxylation sites is 1. The first kappa shape index (κ1) is 13.9. The van der Waals surface area contributed by atoms with Crippen molar-refractivity contribution in [1.82, 2.24) is 19.7 Å². The molecule has 110 valence electrons. The molecule has 0 atom stereocenters. The van der Waals surface area contributed by atoms with Crippen molar-refractivity contribution in [2.24, 2.45) is 0 Å². The molecular weight excluding hydrogens is 285 g/mol. The van der Waals surface area contributed by atoms with Gasteiger partial charge in [0, 0.05) is 6.20 Å². The highest BCUT2D eigenvalue weighted by Crippen LogP contribution is 2.15. The monoisotopic (exact) mass is 297 g/mol. The number of aryl methyl sites for hydroxylation is 1. The minimum Gasteiger partial charge on any atom is -0.318 e. The van der Waals surface area contributed by atoms with Crippen molar-refractivity contribution in [1.29, 1.82) is 0 Å². The fourth-order valence-corrected chi connectivity index (χ4v) is 1.86. The summed E-state index contributed by atoms with van der Waals surface area (Å²) in [6.07, 6.45) is 5.87. The number of anilines is 1. The molecule has 1 amide bonds. The van der Waals surface area contributed by atoms with E-state index in [1.807, 2.05) is 0 Å². The lowest BCUT2D eigenvalue weighted by Crippen LogP contribution is -2.13. The van der Waals surface area contributed by atoms with E-state index < -0.39 is 11.7 Å². The molecule has 0 radical (unpaired) electrons. The predicted molar refractivity (Wildman–Crippen MR) is 78.2 cm³/mol. The Labute approximate surface area is 125 Å². The molecular formula is C15H12FN5O. The highest BCUT2D eigenvalue weighted by Gasteiger charge is 2.11. The second-order valence-corrected chi connectivity index (χ2v) is 4.62. The van der Waals surface area contributed by atoms with Crippen LogP contribution in [0.25, 0.3) is 5.69 Å². The summed E-state index contributed by atoms with van der Waals surface area (Å²) >= 11 is 0. The molecule has 6 nitrogen and oxygen atoms in total. The number of nitrogens with zero attached hydrogens (tertiary/aromatic N) is 4. The van der Waals surface area contributed by atoms with E-state index >= 15 is 0 Å². The molecule has 0 saturated carbocycles. The third-order valence-electron chi connectivity index (χ3n) is 2.95. The summed E-state index contributed by atoms with van der Waals surface area (Å²) in [5, 5.41) is 6.67. The third-order valence-corrected chi connectivity index (χ3v) is 2.95. The topological polar surface area (TPSA) is 72.7 Å². The van der Waals surface area contributed by atoms with Gasteiger partial charge in [0.05, 0.1) is 30.0 Å². The predicted octanol–water partition coefficient (Wildman–Crippen LogP) is 2.36. The van der Waals surface area contributed by atoms with Crippen LogP contribution >= 0.6 is 0 Å². The lowest BCUT2D eigenvalue weighted by molar-refractivity contribution is 0.102. The zero-order chi connectivity index (χ0) is 15.5. The number of carbonyl (C=O) groups is 1. The van der Waals surface area contributed by atoms with Crippen LogP contribution in [0.15, 0.2) is 49.1 Å². The van der Waals surface area contributed by atoms with E-state index in [0.717, 1.165) is 5.69 Å². The van der Waals surface area contributed by atoms with Crippen molar-refractivity contribution in [3.05, 3.63) is 66.3 Å². The Kier molecular flexibility index (Phi) is 3.61. The molecule has 0 aliphatic carbocycles. The van der Waals surface area contributed by atoms with Crippen LogP contribution in [0.1, 0.15) is 16.2 Å². The maximum Gasteiger partial charge on any atom is 0.275 e. The minimum atomic E-state index is -0.402. The van der Waals surface area contributed by atoms with Gasteiger partial charge in [-0.25, -0.2) is 14.1 Å². The molecule has 22 heavy (non-hydrogen) atoms. The molecule has 7 heteroatoms. The van der Waals surface area contributed by atoms with Crippen LogP contribution in [0.4, 0.5) is 10.1 Å². The fourth-order valence-electron chi connectivity index (χ4n) is 1.86. The van der Waals surface area contributed by atoms with Gasteiger partial charge in [0.1, 0.15) is 17.2 Å². The molecule has 0 aliphatic heterocycles. The average molecular weight is 297 g/mol. The number of carbonyl (C=O) groups excluding carboxylic acids is 1. The number of hydrogen-bond acceptors (Lipinski definition) is 4. The van der Waals surface area contributed by atoms with Gasteiger partial charge in [-0.15, -0.1) is 0 Å². The standard InChI is InChI=1S/C15H12FN5O/c1-10-6-18-13(8-17-10)15(22)20-11-7-19-21(9-11)14-5-3-2-4-12(14)16/h2-9H,1H3,(H,20,22). The summed E-state index contributed by atoms with van der Waals surface area (Å²) in [5.41, 5.74) is 1.67. The van der Waals surface area contributed by atoms with Gasteiger partial charge in [0.15, 0.2) is 0 Å². The Morgan fingerprint density at radius 2 is 2.00 bits per heavy atom. The first-order chi connectivity index (χ1) is 10.6. The van der Waals surface area contributed by atoms with Gasteiger partial charge in [-0.1, -0.05) is 12.1 Å². The molecule has 1 N–H and O–H groups in total. The fraction of sp³-hybridized carbons (Fsp3) is 0.0667. The molecule has 3 rings (SSSR count). The van der Waals surface area contributed by atoms with Crippen molar-refractivity contribution in [3.63, 3.8) is 0 Å². The van der Waals surface area contributed by atoms with Gasteiger partial charge in [0.25, 0.3) is 5.91 Å². The number of hydrogen-bond donors (Lipinski definition) is 1. The number of amides is 1. The lowest BCUT2D eigenvalue weighted by atomic mass is 10.3. The number of halogens is 1. The van der Waals surface area contributed by atoms with E-state index in [9.17, 15) is 9.18 Å². The van der Waals surface area contributed by atoms with Gasteiger partial charge in [-0.2, -0.15) is 5.10 Å². The molecule has 0 unspecified atom stereocenters. The second-order valence-electron chi connectivity index (χ2n) is 4.62. The Morgan fingerprint density at radius 1 is 1.18 bits per heavy atom. The van der Waals surface area contributed by atoms with Crippen LogP contribution in [-0.2, 0) is 0 Å². The molecule has 0 aliphatic rings. The van der Waals surface area contributed by atoms with E-state index in [0.29, 0.717) is 11.4 Å². The van der Waals surface area contributed by atoms with Crippen molar-refractivity contribution in [2.75, 3.05) is 5.32 Å². The molecule has 3 aromatic rings. The maximum absolute atomic E-state index is 13.7. The van der Waals surface area contributed by atoms with Gasteiger partial charge in [0.2, 0.25) is 0 Å². The first-order valence-electron chi connectivity index (χ1n) is 6.53. The van der Waals surface area contributed by atoms with Crippen LogP contribution in [0.2, 0.25) is 0 Å². The van der Waals surface area contributed by atoms with Crippen LogP contribution in [0.5, 0.6) is 0 Å². The van der Waals surface area contributed by atoms with Crippen LogP contribution < -0.4 is 5.32 Å². The number of aromatic nitrogens is 4. The molecule has 0 fully saturated rings. The SMILES string of the molecule is Cc1cnc(C(=O)Nc2cnn(-c3ccccc3F)c2)cn1. The van der Waals surface area contributed by atoms with Crippen molar-refractivity contribution in [3.8, 4) is 5.69 Å². The number of nitrogens with one attached hydrogen (secondary N) is 1. The molecule has 0 bridgehead atoms. The van der Waals surface area contributed by atoms with E-state index in [-0.39, 0.29) is 5.69 Å². The number of benzene rings is 1. The molecule has 2 heterocycles. The van der Waals surface area contributed by atoms with Crippen LogP contribution in [-0.4, -0.2) is 25.7 Å². The summed E-state index contributed by atoms with van der Waals surface area (Å²) in [7, 11) is 0. The molecule has 0 spiro atoms. The number of rotatable bonds is 3. The lowest BCUT2D eigenvalue weighted by Gasteiger charge is -2.02. The largest absolute Gasteiger partial charge is 0.318 e. The Bertz CT molecular complexity index is 813. The Balaban J connectivity index is 1.78. The normalized spacial score (nSPS) is 10.5. The van der Waals surface area contributed by atoms with Crippen LogP contribution in [0.3, 0.4) is 0 Å².